The second kappa shape index (κ2) is 4.85. The van der Waals surface area contributed by atoms with E-state index in [4.69, 9.17) is 5.73 Å². The lowest BCUT2D eigenvalue weighted by Gasteiger charge is -2.09. The van der Waals surface area contributed by atoms with Crippen LogP contribution in [0.15, 0.2) is 43.0 Å². The Morgan fingerprint density at radius 1 is 1.26 bits per heavy atom. The minimum Gasteiger partial charge on any atom is -0.324 e. The van der Waals surface area contributed by atoms with E-state index in [-0.39, 0.29) is 6.04 Å². The Labute approximate surface area is 111 Å². The molecule has 5 heteroatoms. The Kier molecular flexibility index (Phi) is 3.05. The summed E-state index contributed by atoms with van der Waals surface area (Å²) in [6, 6.07) is 6.02. The van der Waals surface area contributed by atoms with Crippen molar-refractivity contribution in [3.63, 3.8) is 0 Å². The number of aryl methyl sites for hydroxylation is 2. The number of nitrogens with two attached hydrogens (primary N) is 1. The molecule has 0 amide bonds. The van der Waals surface area contributed by atoms with E-state index in [9.17, 15) is 0 Å². The number of hydrogen-bond donors (Lipinski definition) is 1. The lowest BCUT2D eigenvalue weighted by Crippen LogP contribution is -2.11. The molecule has 0 aliphatic carbocycles. The van der Waals surface area contributed by atoms with Crippen LogP contribution in [0.25, 0.3) is 5.52 Å². The average molecular weight is 255 g/mol. The van der Waals surface area contributed by atoms with E-state index in [1.54, 1.807) is 0 Å². The number of pyridine rings is 1. The summed E-state index contributed by atoms with van der Waals surface area (Å²) in [5.41, 5.74) is 9.68. The summed E-state index contributed by atoms with van der Waals surface area (Å²) < 4.78 is 3.68. The van der Waals surface area contributed by atoms with Crippen LogP contribution in [0.1, 0.15) is 23.6 Å². The van der Waals surface area contributed by atoms with E-state index in [1.165, 1.54) is 5.56 Å². The zero-order chi connectivity index (χ0) is 13.2. The van der Waals surface area contributed by atoms with Gasteiger partial charge in [0.15, 0.2) is 0 Å². The summed E-state index contributed by atoms with van der Waals surface area (Å²) in [6.45, 7) is 0. The van der Waals surface area contributed by atoms with E-state index >= 15 is 0 Å². The van der Waals surface area contributed by atoms with Crippen LogP contribution in [-0.2, 0) is 13.5 Å². The molecule has 1 unspecified atom stereocenters. The first-order valence-corrected chi connectivity index (χ1v) is 6.39. The maximum Gasteiger partial charge on any atom is 0.0709 e. The van der Waals surface area contributed by atoms with Gasteiger partial charge in [0.25, 0.3) is 0 Å². The van der Waals surface area contributed by atoms with E-state index in [0.717, 1.165) is 23.9 Å². The smallest absolute Gasteiger partial charge is 0.0709 e. The second-order valence-electron chi connectivity index (χ2n) is 4.80. The van der Waals surface area contributed by atoms with Crippen molar-refractivity contribution in [1.82, 2.24) is 19.4 Å². The number of hydrogen-bond acceptors (Lipinski definition) is 3. The number of aromatic nitrogens is 4. The molecule has 3 aromatic rings. The highest BCUT2D eigenvalue weighted by Gasteiger charge is 2.12. The summed E-state index contributed by atoms with van der Waals surface area (Å²) >= 11 is 0. The van der Waals surface area contributed by atoms with Crippen LogP contribution in [0.4, 0.5) is 0 Å². The summed E-state index contributed by atoms with van der Waals surface area (Å²) in [5.74, 6) is 0. The van der Waals surface area contributed by atoms with Gasteiger partial charge < -0.3 is 5.73 Å². The quantitative estimate of drug-likeness (QED) is 0.772. The van der Waals surface area contributed by atoms with Crippen LogP contribution < -0.4 is 5.73 Å². The van der Waals surface area contributed by atoms with Crippen LogP contribution in [0, 0.1) is 0 Å². The molecule has 0 fully saturated rings. The van der Waals surface area contributed by atoms with Crippen LogP contribution >= 0.6 is 0 Å². The summed E-state index contributed by atoms with van der Waals surface area (Å²) in [4.78, 5) is 0. The third kappa shape index (κ3) is 2.37. The second-order valence-corrected chi connectivity index (χ2v) is 4.80. The van der Waals surface area contributed by atoms with E-state index < -0.39 is 0 Å². The fourth-order valence-electron chi connectivity index (χ4n) is 2.32. The molecular weight excluding hydrogens is 238 g/mol. The van der Waals surface area contributed by atoms with Gasteiger partial charge in [-0.25, -0.2) is 4.52 Å². The van der Waals surface area contributed by atoms with Gasteiger partial charge in [0.2, 0.25) is 0 Å². The normalized spacial score (nSPS) is 12.9. The molecule has 3 aromatic heterocycles. The lowest BCUT2D eigenvalue weighted by atomic mass is 10.0. The third-order valence-corrected chi connectivity index (χ3v) is 3.36. The van der Waals surface area contributed by atoms with Crippen LogP contribution in [0.2, 0.25) is 0 Å². The van der Waals surface area contributed by atoms with E-state index in [1.807, 2.05) is 59.2 Å². The molecule has 0 aromatic carbocycles. The van der Waals surface area contributed by atoms with Crippen molar-refractivity contribution >= 4 is 5.52 Å². The molecule has 1 atom stereocenters. The van der Waals surface area contributed by atoms with Gasteiger partial charge in [-0.2, -0.15) is 10.2 Å². The largest absolute Gasteiger partial charge is 0.324 e. The fourth-order valence-corrected chi connectivity index (χ4v) is 2.32. The maximum atomic E-state index is 6.28. The van der Waals surface area contributed by atoms with Crippen molar-refractivity contribution in [2.75, 3.05) is 0 Å². The van der Waals surface area contributed by atoms with Gasteiger partial charge >= 0.3 is 0 Å². The Bertz CT molecular complexity index is 682. The van der Waals surface area contributed by atoms with Gasteiger partial charge in [0, 0.05) is 31.0 Å². The van der Waals surface area contributed by atoms with Gasteiger partial charge in [0.1, 0.15) is 0 Å². The molecular formula is C14H17N5. The first kappa shape index (κ1) is 11.9. The monoisotopic (exact) mass is 255 g/mol. The zero-order valence-corrected chi connectivity index (χ0v) is 10.9. The van der Waals surface area contributed by atoms with Crippen LogP contribution in [0.3, 0.4) is 0 Å². The van der Waals surface area contributed by atoms with Crippen LogP contribution in [0.5, 0.6) is 0 Å². The first-order valence-electron chi connectivity index (χ1n) is 6.39. The maximum absolute atomic E-state index is 6.28. The molecule has 0 saturated heterocycles. The van der Waals surface area contributed by atoms with Gasteiger partial charge in [-0.3, -0.25) is 4.68 Å². The molecule has 19 heavy (non-hydrogen) atoms. The summed E-state index contributed by atoms with van der Waals surface area (Å²) in [5, 5.41) is 8.49. The summed E-state index contributed by atoms with van der Waals surface area (Å²) in [7, 11) is 1.93. The van der Waals surface area contributed by atoms with Gasteiger partial charge in [-0.1, -0.05) is 6.07 Å². The number of nitrogens with zero attached hydrogens (tertiary/aromatic N) is 4. The minimum atomic E-state index is 0.0000983. The molecule has 3 heterocycles. The standard InChI is InChI=1S/C14H17N5/c1-18-10-11(8-16-18)5-6-13(15)12-9-17-19-7-3-2-4-14(12)19/h2-4,7-10,13H,5-6,15H2,1H3. The first-order chi connectivity index (χ1) is 9.24. The Balaban J connectivity index is 1.75. The Morgan fingerprint density at radius 2 is 2.16 bits per heavy atom. The Hall–Kier alpha value is -2.14. The molecule has 0 radical (unpaired) electrons. The number of fused-ring (bicyclic) bond motifs is 1. The van der Waals surface area contributed by atoms with Gasteiger partial charge in [-0.15, -0.1) is 0 Å². The minimum absolute atomic E-state index is 0.0000983. The molecule has 2 N–H and O–H groups in total. The molecule has 0 saturated carbocycles. The summed E-state index contributed by atoms with van der Waals surface area (Å²) in [6.07, 6.45) is 9.54. The molecule has 0 aliphatic heterocycles. The average Bonchev–Trinajstić information content (AvgIpc) is 3.02. The highest BCUT2D eigenvalue weighted by molar-refractivity contribution is 5.54. The van der Waals surface area contributed by atoms with Crippen molar-refractivity contribution in [3.8, 4) is 0 Å². The third-order valence-electron chi connectivity index (χ3n) is 3.36. The zero-order valence-electron chi connectivity index (χ0n) is 10.9. The van der Waals surface area contributed by atoms with Crippen molar-refractivity contribution in [1.29, 1.82) is 0 Å². The molecule has 0 bridgehead atoms. The van der Waals surface area contributed by atoms with Crippen molar-refractivity contribution in [2.24, 2.45) is 12.8 Å². The van der Waals surface area contributed by atoms with E-state index in [0.29, 0.717) is 0 Å². The molecule has 0 spiro atoms. The highest BCUT2D eigenvalue weighted by Crippen LogP contribution is 2.21. The highest BCUT2D eigenvalue weighted by atomic mass is 15.2. The predicted molar refractivity (Wildman–Crippen MR) is 73.6 cm³/mol. The van der Waals surface area contributed by atoms with Crippen molar-refractivity contribution in [3.05, 3.63) is 54.1 Å². The lowest BCUT2D eigenvalue weighted by molar-refractivity contribution is 0.655. The SMILES string of the molecule is Cn1cc(CCC(N)c2cnn3ccccc23)cn1. The fraction of sp³-hybridized carbons (Fsp3) is 0.286. The predicted octanol–water partition coefficient (Wildman–Crippen LogP) is 1.70. The molecule has 3 rings (SSSR count). The van der Waals surface area contributed by atoms with Crippen molar-refractivity contribution in [2.45, 2.75) is 18.9 Å². The van der Waals surface area contributed by atoms with Crippen LogP contribution in [-0.4, -0.2) is 19.4 Å². The molecule has 0 aliphatic rings. The van der Waals surface area contributed by atoms with Gasteiger partial charge in [-0.05, 0) is 30.5 Å². The topological polar surface area (TPSA) is 61.1 Å². The Morgan fingerprint density at radius 3 is 2.95 bits per heavy atom. The molecule has 98 valence electrons. The van der Waals surface area contributed by atoms with Crippen molar-refractivity contribution < 1.29 is 0 Å². The number of rotatable bonds is 4. The van der Waals surface area contributed by atoms with Gasteiger partial charge in [0.05, 0.1) is 17.9 Å². The molecule has 5 nitrogen and oxygen atoms in total. The van der Waals surface area contributed by atoms with E-state index in [2.05, 4.69) is 10.2 Å².